The number of nitrogens with zero attached hydrogens (tertiary/aromatic N) is 1. The van der Waals surface area contributed by atoms with Gasteiger partial charge < -0.3 is 4.90 Å². The predicted octanol–water partition coefficient (Wildman–Crippen LogP) is 6.82. The van der Waals surface area contributed by atoms with E-state index in [2.05, 4.69) is 0 Å². The number of unbranched alkanes of at least 4 members (excludes halogenated alkanes) is 3. The Balaban J connectivity index is 3.34. The maximum Gasteiger partial charge on any atom is 0.394 e. The van der Waals surface area contributed by atoms with Crippen molar-refractivity contribution in [3.05, 3.63) is 28.8 Å². The summed E-state index contributed by atoms with van der Waals surface area (Å²) in [4.78, 5) is -1.13. The molecular formula is C17H19F10N. The minimum absolute atomic E-state index is 0.0145. The van der Waals surface area contributed by atoms with Gasteiger partial charge in [-0.1, -0.05) is 26.2 Å². The average molecular weight is 427 g/mol. The van der Waals surface area contributed by atoms with Crippen molar-refractivity contribution in [1.82, 2.24) is 0 Å². The summed E-state index contributed by atoms with van der Waals surface area (Å²) in [5, 5.41) is 0. The van der Waals surface area contributed by atoms with E-state index in [1.165, 1.54) is 0 Å². The highest BCUT2D eigenvalue weighted by molar-refractivity contribution is 5.53. The fourth-order valence-electron chi connectivity index (χ4n) is 2.53. The van der Waals surface area contributed by atoms with Crippen molar-refractivity contribution in [1.29, 1.82) is 0 Å². The van der Waals surface area contributed by atoms with Gasteiger partial charge in [0, 0.05) is 19.0 Å². The maximum absolute atomic E-state index is 14.2. The van der Waals surface area contributed by atoms with Gasteiger partial charge in [-0.25, -0.2) is 17.6 Å². The summed E-state index contributed by atoms with van der Waals surface area (Å²) in [6.45, 7) is 2.26. The van der Waals surface area contributed by atoms with Gasteiger partial charge in [0.25, 0.3) is 0 Å². The highest BCUT2D eigenvalue weighted by atomic mass is 19.3. The van der Waals surface area contributed by atoms with Crippen molar-refractivity contribution >= 4 is 5.69 Å². The first-order valence-corrected chi connectivity index (χ1v) is 8.34. The van der Waals surface area contributed by atoms with E-state index in [0.717, 1.165) is 0 Å². The molecule has 28 heavy (non-hydrogen) atoms. The number of halogens is 10. The van der Waals surface area contributed by atoms with Gasteiger partial charge >= 0.3 is 17.9 Å². The summed E-state index contributed by atoms with van der Waals surface area (Å²) in [7, 11) is -0.0145. The van der Waals surface area contributed by atoms with Crippen molar-refractivity contribution in [3.63, 3.8) is 0 Å². The van der Waals surface area contributed by atoms with Crippen LogP contribution in [0.15, 0.2) is 0 Å². The molecular weight excluding hydrogens is 408 g/mol. The van der Waals surface area contributed by atoms with Crippen molar-refractivity contribution in [2.45, 2.75) is 63.8 Å². The van der Waals surface area contributed by atoms with Crippen LogP contribution in [0.1, 0.15) is 44.6 Å². The molecule has 0 unspecified atom stereocenters. The van der Waals surface area contributed by atoms with E-state index in [-0.39, 0.29) is 13.5 Å². The quantitative estimate of drug-likeness (QED) is 0.137. The van der Waals surface area contributed by atoms with Crippen molar-refractivity contribution in [2.75, 3.05) is 11.9 Å². The van der Waals surface area contributed by atoms with Gasteiger partial charge in [-0.05, 0) is 13.3 Å². The standard InChI is InChI=1S/C17H19F10N/c1-4-5-6-7-8-15(22,23)16(24,25)17(26,27)28(3)14-11(19)9(2)10(18)12(20)13(14)21/h4-8H2,1-3H3. The molecule has 0 aliphatic heterocycles. The molecule has 0 radical (unpaired) electrons. The largest absolute Gasteiger partial charge is 0.394 e. The van der Waals surface area contributed by atoms with E-state index in [4.69, 9.17) is 0 Å². The molecule has 0 spiro atoms. The Hall–Kier alpha value is -1.68. The molecule has 162 valence electrons. The van der Waals surface area contributed by atoms with Crippen LogP contribution < -0.4 is 4.90 Å². The third-order valence-corrected chi connectivity index (χ3v) is 4.40. The second-order valence-electron chi connectivity index (χ2n) is 6.42. The minimum Gasteiger partial charge on any atom is -0.306 e. The fraction of sp³-hybridized carbons (Fsp3) is 0.647. The molecule has 1 aromatic carbocycles. The molecule has 0 saturated carbocycles. The lowest BCUT2D eigenvalue weighted by Gasteiger charge is -2.38. The smallest absolute Gasteiger partial charge is 0.306 e. The van der Waals surface area contributed by atoms with Gasteiger partial charge in [0.1, 0.15) is 5.69 Å². The number of alkyl halides is 6. The lowest BCUT2D eigenvalue weighted by Crippen LogP contribution is -2.61. The molecule has 0 bridgehead atoms. The zero-order chi connectivity index (χ0) is 22.1. The van der Waals surface area contributed by atoms with Crippen LogP contribution in [0.25, 0.3) is 0 Å². The van der Waals surface area contributed by atoms with E-state index in [9.17, 15) is 43.9 Å². The van der Waals surface area contributed by atoms with Crippen LogP contribution in [0.5, 0.6) is 0 Å². The molecule has 0 heterocycles. The monoisotopic (exact) mass is 427 g/mol. The molecule has 0 fully saturated rings. The van der Waals surface area contributed by atoms with Gasteiger partial charge in [-0.3, -0.25) is 0 Å². The van der Waals surface area contributed by atoms with E-state index < -0.39 is 70.2 Å². The molecule has 0 atom stereocenters. The van der Waals surface area contributed by atoms with Crippen LogP contribution in [0.4, 0.5) is 49.6 Å². The third-order valence-electron chi connectivity index (χ3n) is 4.40. The summed E-state index contributed by atoms with van der Waals surface area (Å²) < 4.78 is 139. The molecule has 0 saturated heterocycles. The summed E-state index contributed by atoms with van der Waals surface area (Å²) in [5.74, 6) is -20.4. The summed E-state index contributed by atoms with van der Waals surface area (Å²) >= 11 is 0. The molecule has 0 aromatic heterocycles. The molecule has 11 heteroatoms. The van der Waals surface area contributed by atoms with Crippen LogP contribution in [0.3, 0.4) is 0 Å². The molecule has 1 rings (SSSR count). The Morgan fingerprint density at radius 2 is 1.29 bits per heavy atom. The van der Waals surface area contributed by atoms with Crippen LogP contribution in [0, 0.1) is 30.2 Å². The number of hydrogen-bond donors (Lipinski definition) is 0. The lowest BCUT2D eigenvalue weighted by molar-refractivity contribution is -0.309. The molecule has 0 aliphatic rings. The van der Waals surface area contributed by atoms with E-state index in [1.807, 2.05) is 0 Å². The zero-order valence-corrected chi connectivity index (χ0v) is 15.3. The normalized spacial score (nSPS) is 13.2. The molecule has 1 aromatic rings. The summed E-state index contributed by atoms with van der Waals surface area (Å²) in [6.07, 6.45) is -0.985. The highest BCUT2D eigenvalue weighted by Gasteiger charge is 2.73. The topological polar surface area (TPSA) is 3.24 Å². The number of rotatable bonds is 9. The number of benzene rings is 1. The summed E-state index contributed by atoms with van der Waals surface area (Å²) in [6, 6.07) is -5.82. The first-order valence-electron chi connectivity index (χ1n) is 8.34. The van der Waals surface area contributed by atoms with Gasteiger partial charge in [0.05, 0.1) is 0 Å². The Morgan fingerprint density at radius 3 is 1.79 bits per heavy atom. The van der Waals surface area contributed by atoms with Gasteiger partial charge in [-0.15, -0.1) is 0 Å². The first-order chi connectivity index (χ1) is 12.6. The lowest BCUT2D eigenvalue weighted by atomic mass is 10.0. The zero-order valence-electron chi connectivity index (χ0n) is 15.3. The van der Waals surface area contributed by atoms with Crippen molar-refractivity contribution in [2.24, 2.45) is 0 Å². The van der Waals surface area contributed by atoms with Crippen LogP contribution >= 0.6 is 0 Å². The molecule has 0 amide bonds. The Bertz CT molecular complexity index is 673. The summed E-state index contributed by atoms with van der Waals surface area (Å²) in [5.41, 5.74) is -3.35. The Morgan fingerprint density at radius 1 is 0.750 bits per heavy atom. The molecule has 0 aliphatic carbocycles. The van der Waals surface area contributed by atoms with Crippen molar-refractivity contribution < 1.29 is 43.9 Å². The van der Waals surface area contributed by atoms with Gasteiger partial charge in [0.15, 0.2) is 23.3 Å². The highest BCUT2D eigenvalue weighted by Crippen LogP contribution is 2.51. The second kappa shape index (κ2) is 8.36. The fourth-order valence-corrected chi connectivity index (χ4v) is 2.53. The van der Waals surface area contributed by atoms with Crippen LogP contribution in [-0.2, 0) is 0 Å². The molecule has 1 nitrogen and oxygen atoms in total. The average Bonchev–Trinajstić information content (AvgIpc) is 2.61. The van der Waals surface area contributed by atoms with E-state index in [1.54, 1.807) is 6.92 Å². The van der Waals surface area contributed by atoms with Crippen LogP contribution in [0.2, 0.25) is 0 Å². The van der Waals surface area contributed by atoms with Gasteiger partial charge in [0.2, 0.25) is 0 Å². The first kappa shape index (κ1) is 24.4. The maximum atomic E-state index is 14.2. The number of hydrogen-bond acceptors (Lipinski definition) is 1. The van der Waals surface area contributed by atoms with E-state index in [0.29, 0.717) is 19.8 Å². The van der Waals surface area contributed by atoms with Crippen LogP contribution in [-0.4, -0.2) is 24.9 Å². The second-order valence-corrected chi connectivity index (χ2v) is 6.42. The van der Waals surface area contributed by atoms with Crippen molar-refractivity contribution in [3.8, 4) is 0 Å². The van der Waals surface area contributed by atoms with Gasteiger partial charge in [-0.2, -0.15) is 26.3 Å². The predicted molar refractivity (Wildman–Crippen MR) is 83.0 cm³/mol. The minimum atomic E-state index is -6.06. The Kier molecular flexibility index (Phi) is 7.27. The Labute approximate surface area is 155 Å². The third kappa shape index (κ3) is 4.03. The SMILES string of the molecule is CCCCCCC(F)(F)C(F)(F)C(F)(F)N(C)c1c(F)c(C)c(F)c(F)c1F. The molecule has 0 N–H and O–H groups in total. The number of anilines is 1. The van der Waals surface area contributed by atoms with E-state index >= 15 is 0 Å².